The number of hydrogen-bond acceptors (Lipinski definition) is 5. The molecule has 1 N–H and O–H groups in total. The Bertz CT molecular complexity index is 917. The van der Waals surface area contributed by atoms with Gasteiger partial charge in [-0.1, -0.05) is 11.8 Å². The Kier molecular flexibility index (Phi) is 5.45. The third-order valence-corrected chi connectivity index (χ3v) is 5.74. The van der Waals surface area contributed by atoms with Crippen LogP contribution in [0.25, 0.3) is 6.08 Å². The fraction of sp³-hybridized carbons (Fsp3) is 0.222. The summed E-state index contributed by atoms with van der Waals surface area (Å²) in [6.07, 6.45) is 1.75. The molecular formula is C18H17BrN2O3S2. The fourth-order valence-corrected chi connectivity index (χ4v) is 4.40. The van der Waals surface area contributed by atoms with Crippen LogP contribution in [0.3, 0.4) is 0 Å². The van der Waals surface area contributed by atoms with Crippen LogP contribution in [0, 0.1) is 13.8 Å². The van der Waals surface area contributed by atoms with Crippen LogP contribution in [0.15, 0.2) is 33.6 Å². The lowest BCUT2D eigenvalue weighted by Gasteiger charge is -2.20. The molecule has 5 nitrogen and oxygen atoms in total. The normalized spacial score (nSPS) is 16.0. The number of aryl methyl sites for hydroxylation is 2. The molecule has 0 radical (unpaired) electrons. The first-order chi connectivity index (χ1) is 12.3. The second-order valence-corrected chi connectivity index (χ2v) is 8.23. The molecule has 1 aliphatic rings. The maximum Gasteiger partial charge on any atom is 0.285 e. The minimum Gasteiger partial charge on any atom is -0.503 e. The standard InChI is InChI=1S/C18H17BrN2O3S2/c1-4-24-14-8-12(7-13(19)16(14)22)9-15-17(23)21(18(25)26-15)20-10(2)5-6-11(20)3/h5-9,22H,4H2,1-3H3/b15-9+. The quantitative estimate of drug-likeness (QED) is 0.546. The Morgan fingerprint density at radius 1 is 1.31 bits per heavy atom. The Labute approximate surface area is 169 Å². The van der Waals surface area contributed by atoms with Crippen molar-refractivity contribution in [2.75, 3.05) is 11.6 Å². The molecule has 1 saturated heterocycles. The van der Waals surface area contributed by atoms with Gasteiger partial charge in [0.1, 0.15) is 0 Å². The molecule has 1 aromatic carbocycles. The van der Waals surface area contributed by atoms with Crippen molar-refractivity contribution in [1.82, 2.24) is 4.68 Å². The van der Waals surface area contributed by atoms with Gasteiger partial charge in [0.2, 0.25) is 0 Å². The van der Waals surface area contributed by atoms with Gasteiger partial charge in [-0.05, 0) is 84.8 Å². The zero-order valence-corrected chi connectivity index (χ0v) is 17.7. The third kappa shape index (κ3) is 3.41. The van der Waals surface area contributed by atoms with Crippen LogP contribution in [0.5, 0.6) is 11.5 Å². The zero-order chi connectivity index (χ0) is 19.0. The molecule has 1 amide bonds. The van der Waals surface area contributed by atoms with E-state index in [-0.39, 0.29) is 11.7 Å². The van der Waals surface area contributed by atoms with Gasteiger partial charge in [0.25, 0.3) is 5.91 Å². The molecule has 26 heavy (non-hydrogen) atoms. The summed E-state index contributed by atoms with van der Waals surface area (Å²) in [6.45, 7) is 6.13. The summed E-state index contributed by atoms with van der Waals surface area (Å²) >= 11 is 9.99. The highest BCUT2D eigenvalue weighted by Gasteiger charge is 2.34. The highest BCUT2D eigenvalue weighted by molar-refractivity contribution is 9.10. The predicted octanol–water partition coefficient (Wildman–Crippen LogP) is 4.51. The molecule has 0 spiro atoms. The summed E-state index contributed by atoms with van der Waals surface area (Å²) in [7, 11) is 0. The Morgan fingerprint density at radius 2 is 1.96 bits per heavy atom. The lowest BCUT2D eigenvalue weighted by atomic mass is 10.2. The SMILES string of the molecule is CCOc1cc(/C=C2/SC(=S)N(n3c(C)ccc3C)C2=O)cc(Br)c1O. The minimum atomic E-state index is -0.176. The molecule has 2 aromatic rings. The zero-order valence-electron chi connectivity index (χ0n) is 14.4. The summed E-state index contributed by atoms with van der Waals surface area (Å²) in [5.74, 6) is 0.223. The molecule has 1 aliphatic heterocycles. The van der Waals surface area contributed by atoms with Gasteiger partial charge in [-0.25, -0.2) is 0 Å². The van der Waals surface area contributed by atoms with Crippen molar-refractivity contribution in [2.45, 2.75) is 20.8 Å². The van der Waals surface area contributed by atoms with Gasteiger partial charge in [-0.2, -0.15) is 5.01 Å². The summed E-state index contributed by atoms with van der Waals surface area (Å²) in [6, 6.07) is 7.32. The number of nitrogens with zero attached hydrogens (tertiary/aromatic N) is 2. The molecule has 0 aliphatic carbocycles. The number of aromatic hydroxyl groups is 1. The highest BCUT2D eigenvalue weighted by Crippen LogP contribution is 2.38. The van der Waals surface area contributed by atoms with E-state index in [0.717, 1.165) is 17.0 Å². The molecule has 0 unspecified atom stereocenters. The van der Waals surface area contributed by atoms with Crippen LogP contribution in [0.2, 0.25) is 0 Å². The Morgan fingerprint density at radius 3 is 2.58 bits per heavy atom. The van der Waals surface area contributed by atoms with Crippen molar-refractivity contribution >= 4 is 56.2 Å². The smallest absolute Gasteiger partial charge is 0.285 e. The molecule has 8 heteroatoms. The lowest BCUT2D eigenvalue weighted by molar-refractivity contribution is -0.114. The van der Waals surface area contributed by atoms with Crippen molar-refractivity contribution in [1.29, 1.82) is 0 Å². The number of ether oxygens (including phenoxy) is 1. The molecular weight excluding hydrogens is 436 g/mol. The number of phenols is 1. The number of carbonyl (C=O) groups excluding carboxylic acids is 1. The first kappa shape index (κ1) is 19.0. The largest absolute Gasteiger partial charge is 0.503 e. The minimum absolute atomic E-state index is 0.0372. The van der Waals surface area contributed by atoms with Crippen LogP contribution >= 0.6 is 39.9 Å². The Balaban J connectivity index is 1.99. The van der Waals surface area contributed by atoms with E-state index >= 15 is 0 Å². The van der Waals surface area contributed by atoms with E-state index in [1.165, 1.54) is 16.8 Å². The number of thiocarbonyl (C=S) groups is 1. The van der Waals surface area contributed by atoms with Gasteiger partial charge >= 0.3 is 0 Å². The molecule has 1 fully saturated rings. The van der Waals surface area contributed by atoms with Gasteiger partial charge in [-0.3, -0.25) is 9.47 Å². The molecule has 0 bridgehead atoms. The number of halogens is 1. The number of amides is 1. The van der Waals surface area contributed by atoms with Crippen molar-refractivity contribution in [3.8, 4) is 11.5 Å². The number of benzene rings is 1. The van der Waals surface area contributed by atoms with Crippen LogP contribution in [-0.4, -0.2) is 26.6 Å². The van der Waals surface area contributed by atoms with Crippen LogP contribution < -0.4 is 9.75 Å². The maximum absolute atomic E-state index is 12.9. The first-order valence-electron chi connectivity index (χ1n) is 7.92. The first-order valence-corrected chi connectivity index (χ1v) is 9.93. The van der Waals surface area contributed by atoms with Gasteiger partial charge in [0.05, 0.1) is 16.0 Å². The van der Waals surface area contributed by atoms with E-state index in [1.807, 2.05) is 37.6 Å². The van der Waals surface area contributed by atoms with Crippen molar-refractivity contribution in [3.63, 3.8) is 0 Å². The second kappa shape index (κ2) is 7.46. The molecule has 0 atom stereocenters. The van der Waals surface area contributed by atoms with E-state index in [9.17, 15) is 9.90 Å². The van der Waals surface area contributed by atoms with Gasteiger partial charge in [-0.15, -0.1) is 0 Å². The molecule has 0 saturated carbocycles. The van der Waals surface area contributed by atoms with E-state index in [4.69, 9.17) is 17.0 Å². The fourth-order valence-electron chi connectivity index (χ4n) is 2.70. The topological polar surface area (TPSA) is 54.7 Å². The van der Waals surface area contributed by atoms with Crippen molar-refractivity contribution < 1.29 is 14.6 Å². The second-order valence-electron chi connectivity index (χ2n) is 5.70. The number of phenolic OH excluding ortho intramolecular Hbond substituents is 1. The average molecular weight is 453 g/mol. The van der Waals surface area contributed by atoms with E-state index in [2.05, 4.69) is 15.9 Å². The van der Waals surface area contributed by atoms with E-state index < -0.39 is 0 Å². The van der Waals surface area contributed by atoms with Crippen LogP contribution in [-0.2, 0) is 4.79 Å². The summed E-state index contributed by atoms with van der Waals surface area (Å²) in [4.78, 5) is 13.4. The number of thioether (sulfide) groups is 1. The van der Waals surface area contributed by atoms with E-state index in [0.29, 0.717) is 26.1 Å². The number of aromatic nitrogens is 1. The maximum atomic E-state index is 12.9. The van der Waals surface area contributed by atoms with Gasteiger partial charge in [0, 0.05) is 11.4 Å². The lowest BCUT2D eigenvalue weighted by Crippen LogP contribution is -2.39. The monoisotopic (exact) mass is 452 g/mol. The van der Waals surface area contributed by atoms with Crippen LogP contribution in [0.1, 0.15) is 23.9 Å². The summed E-state index contributed by atoms with van der Waals surface area (Å²) < 4.78 is 8.24. The number of carbonyl (C=O) groups is 1. The van der Waals surface area contributed by atoms with Crippen molar-refractivity contribution in [3.05, 3.63) is 50.6 Å². The molecule has 1 aromatic heterocycles. The van der Waals surface area contributed by atoms with E-state index in [1.54, 1.807) is 18.2 Å². The average Bonchev–Trinajstić information content (AvgIpc) is 3.04. The van der Waals surface area contributed by atoms with Gasteiger partial charge < -0.3 is 9.84 Å². The molecule has 3 rings (SSSR count). The molecule has 136 valence electrons. The van der Waals surface area contributed by atoms with Gasteiger partial charge in [0.15, 0.2) is 15.8 Å². The third-order valence-electron chi connectivity index (χ3n) is 3.86. The Hall–Kier alpha value is -1.77. The van der Waals surface area contributed by atoms with Crippen molar-refractivity contribution in [2.24, 2.45) is 0 Å². The molecule has 2 heterocycles. The predicted molar refractivity (Wildman–Crippen MR) is 112 cm³/mol. The number of hydrogen-bond donors (Lipinski definition) is 1. The number of rotatable bonds is 4. The summed E-state index contributed by atoms with van der Waals surface area (Å²) in [5, 5.41) is 11.5. The highest BCUT2D eigenvalue weighted by atomic mass is 79.9. The summed E-state index contributed by atoms with van der Waals surface area (Å²) in [5.41, 5.74) is 2.61. The van der Waals surface area contributed by atoms with Crippen LogP contribution in [0.4, 0.5) is 0 Å².